The van der Waals surface area contributed by atoms with E-state index in [0.29, 0.717) is 5.39 Å². The molecule has 0 radical (unpaired) electrons. The molecule has 2 N–H and O–H groups in total. The Hall–Kier alpha value is -3.21. The summed E-state index contributed by atoms with van der Waals surface area (Å²) in [5.74, 6) is -0.666. The maximum Gasteiger partial charge on any atom is 0.295 e. The molecule has 11 heteroatoms. The molecule has 0 bridgehead atoms. The Balaban J connectivity index is 1.77. The predicted octanol–water partition coefficient (Wildman–Crippen LogP) is 3.43. The van der Waals surface area contributed by atoms with Crippen LogP contribution in [0.1, 0.15) is 11.1 Å². The predicted molar refractivity (Wildman–Crippen MR) is 120 cm³/mol. The van der Waals surface area contributed by atoms with Gasteiger partial charge < -0.3 is 10.4 Å². The molecule has 156 valence electrons. The van der Waals surface area contributed by atoms with Gasteiger partial charge in [-0.15, -0.1) is 15.7 Å². The van der Waals surface area contributed by atoms with Gasteiger partial charge in [0.1, 0.15) is 17.0 Å². The second kappa shape index (κ2) is 7.19. The van der Waals surface area contributed by atoms with E-state index in [1.165, 1.54) is 16.8 Å². The lowest BCUT2D eigenvalue weighted by atomic mass is 10.1. The molecule has 0 fully saturated rings. The van der Waals surface area contributed by atoms with Crippen molar-refractivity contribution in [3.63, 3.8) is 0 Å². The number of pyridine rings is 2. The summed E-state index contributed by atoms with van der Waals surface area (Å²) in [5.41, 5.74) is 0.439. The second-order valence-corrected chi connectivity index (χ2v) is 10.2. The largest absolute Gasteiger partial charge is 0.506 e. The Kier molecular flexibility index (Phi) is 4.58. The number of fused-ring (bicyclic) bond motifs is 2. The van der Waals surface area contributed by atoms with Crippen LogP contribution in [0, 0.1) is 0 Å². The van der Waals surface area contributed by atoms with Gasteiger partial charge in [-0.05, 0) is 23.8 Å². The van der Waals surface area contributed by atoms with Gasteiger partial charge in [-0.1, -0.05) is 41.9 Å². The van der Waals surface area contributed by atoms with Gasteiger partial charge in [0.25, 0.3) is 15.6 Å². The van der Waals surface area contributed by atoms with E-state index in [-0.39, 0.29) is 37.8 Å². The van der Waals surface area contributed by atoms with E-state index >= 15 is 0 Å². The van der Waals surface area contributed by atoms with Gasteiger partial charge in [-0.3, -0.25) is 9.36 Å². The first-order chi connectivity index (χ1) is 14.8. The van der Waals surface area contributed by atoms with Crippen LogP contribution < -0.4 is 10.9 Å². The van der Waals surface area contributed by atoms with Crippen molar-refractivity contribution in [2.75, 3.05) is 5.32 Å². The summed E-state index contributed by atoms with van der Waals surface area (Å²) < 4.78 is 30.6. The lowest BCUT2D eigenvalue weighted by Gasteiger charge is -2.18. The number of benzene rings is 1. The van der Waals surface area contributed by atoms with Crippen molar-refractivity contribution in [2.24, 2.45) is 4.40 Å². The van der Waals surface area contributed by atoms with Crippen molar-refractivity contribution >= 4 is 55.5 Å². The average Bonchev–Trinajstić information content (AvgIpc) is 3.13. The maximum atomic E-state index is 13.5. The van der Waals surface area contributed by atoms with Crippen LogP contribution >= 0.6 is 22.9 Å². The molecular formula is C20H13ClN4O4S2. The van der Waals surface area contributed by atoms with E-state index in [9.17, 15) is 18.3 Å². The molecule has 0 aliphatic carbocycles. The molecular weight excluding hydrogens is 460 g/mol. The second-order valence-electron chi connectivity index (χ2n) is 6.77. The van der Waals surface area contributed by atoms with Crippen molar-refractivity contribution < 1.29 is 13.5 Å². The van der Waals surface area contributed by atoms with Crippen LogP contribution in [0.25, 0.3) is 11.0 Å². The van der Waals surface area contributed by atoms with E-state index in [4.69, 9.17) is 11.6 Å². The van der Waals surface area contributed by atoms with E-state index in [0.717, 1.165) is 16.9 Å². The highest BCUT2D eigenvalue weighted by Crippen LogP contribution is 2.39. The Bertz CT molecular complexity index is 1540. The van der Waals surface area contributed by atoms with Gasteiger partial charge in [0.15, 0.2) is 10.0 Å². The highest BCUT2D eigenvalue weighted by atomic mass is 35.5. The molecule has 5 rings (SSSR count). The Labute approximate surface area is 185 Å². The molecule has 0 spiro atoms. The standard InChI is InChI=1S/C20H13ClN4O4S2/c21-14-9-13-20(30-14)31(28,29)24-17(23-13)15-16(26)12-7-4-8-22-18(12)25(19(15)27)10-11-5-2-1-3-6-11/h1-9,26H,10H2,(H,23,24). The summed E-state index contributed by atoms with van der Waals surface area (Å²) in [6.45, 7) is 0.177. The van der Waals surface area contributed by atoms with Crippen LogP contribution in [0.5, 0.6) is 5.75 Å². The van der Waals surface area contributed by atoms with E-state index in [1.54, 1.807) is 12.1 Å². The van der Waals surface area contributed by atoms with Gasteiger partial charge in [0.05, 0.1) is 22.0 Å². The van der Waals surface area contributed by atoms with Gasteiger partial charge in [-0.25, -0.2) is 4.98 Å². The fourth-order valence-corrected chi connectivity index (χ4v) is 6.14. The highest BCUT2D eigenvalue weighted by molar-refractivity contribution is 7.92. The molecule has 3 aromatic heterocycles. The summed E-state index contributed by atoms with van der Waals surface area (Å²) in [6.07, 6.45) is 1.52. The molecule has 0 atom stereocenters. The molecule has 4 aromatic rings. The number of sulfonamides is 1. The number of hydrogen-bond donors (Lipinski definition) is 2. The molecule has 4 heterocycles. The summed E-state index contributed by atoms with van der Waals surface area (Å²) in [7, 11) is -4.09. The summed E-state index contributed by atoms with van der Waals surface area (Å²) >= 11 is 6.83. The fourth-order valence-electron chi connectivity index (χ4n) is 3.43. The number of halogens is 1. The minimum Gasteiger partial charge on any atom is -0.506 e. The first-order valence-corrected chi connectivity index (χ1v) is 11.6. The molecule has 8 nitrogen and oxygen atoms in total. The van der Waals surface area contributed by atoms with Gasteiger partial charge in [-0.2, -0.15) is 8.42 Å². The summed E-state index contributed by atoms with van der Waals surface area (Å²) in [5, 5.41) is 14.0. The van der Waals surface area contributed by atoms with Crippen LogP contribution in [-0.4, -0.2) is 28.9 Å². The van der Waals surface area contributed by atoms with Crippen molar-refractivity contribution in [3.05, 3.63) is 80.5 Å². The number of anilines is 1. The average molecular weight is 473 g/mol. The minimum atomic E-state index is -4.09. The number of nitrogens with one attached hydrogen (secondary N) is 1. The Morgan fingerprint density at radius 3 is 2.71 bits per heavy atom. The highest BCUT2D eigenvalue weighted by Gasteiger charge is 2.32. The number of hydrogen-bond acceptors (Lipinski definition) is 7. The Morgan fingerprint density at radius 1 is 1.16 bits per heavy atom. The zero-order valence-corrected chi connectivity index (χ0v) is 18.0. The minimum absolute atomic E-state index is 0.0483. The smallest absolute Gasteiger partial charge is 0.295 e. The molecule has 0 saturated heterocycles. The summed E-state index contributed by atoms with van der Waals surface area (Å²) in [6, 6.07) is 13.9. The fraction of sp³-hybridized carbons (Fsp3) is 0.0500. The van der Waals surface area contributed by atoms with Crippen LogP contribution in [0.4, 0.5) is 5.69 Å². The van der Waals surface area contributed by atoms with E-state index < -0.39 is 21.3 Å². The van der Waals surface area contributed by atoms with Crippen molar-refractivity contribution in [3.8, 4) is 5.75 Å². The topological polar surface area (TPSA) is 114 Å². The molecule has 1 aromatic carbocycles. The number of aromatic hydroxyl groups is 1. The molecule has 0 saturated carbocycles. The SMILES string of the molecule is O=c1c(C2=NS(=O)(=O)c3sc(Cl)cc3N2)c(O)c2cccnc2n1Cc1ccccc1. The first kappa shape index (κ1) is 19.7. The Morgan fingerprint density at radius 2 is 1.94 bits per heavy atom. The number of aromatic nitrogens is 2. The molecule has 0 unspecified atom stereocenters. The van der Waals surface area contributed by atoms with Crippen molar-refractivity contribution in [1.82, 2.24) is 9.55 Å². The molecule has 31 heavy (non-hydrogen) atoms. The molecule has 1 aliphatic heterocycles. The van der Waals surface area contributed by atoms with Crippen LogP contribution in [0.3, 0.4) is 0 Å². The molecule has 0 amide bonds. The first-order valence-electron chi connectivity index (χ1n) is 9.01. The van der Waals surface area contributed by atoms with Gasteiger partial charge in [0, 0.05) is 6.20 Å². The maximum absolute atomic E-state index is 13.5. The zero-order chi connectivity index (χ0) is 21.8. The quantitative estimate of drug-likeness (QED) is 0.472. The van der Waals surface area contributed by atoms with Crippen LogP contribution in [0.15, 0.2) is 68.1 Å². The number of nitrogens with zero attached hydrogens (tertiary/aromatic N) is 3. The van der Waals surface area contributed by atoms with E-state index in [1.807, 2.05) is 30.3 Å². The number of amidine groups is 1. The van der Waals surface area contributed by atoms with Crippen molar-refractivity contribution in [1.29, 1.82) is 0 Å². The van der Waals surface area contributed by atoms with Crippen LogP contribution in [0.2, 0.25) is 4.34 Å². The monoisotopic (exact) mass is 472 g/mol. The van der Waals surface area contributed by atoms with Gasteiger partial charge in [0.2, 0.25) is 0 Å². The third-order valence-corrected chi connectivity index (χ3v) is 7.83. The number of thiophene rings is 1. The third-order valence-electron chi connectivity index (χ3n) is 4.78. The third kappa shape index (κ3) is 3.29. The lowest BCUT2D eigenvalue weighted by molar-refractivity contribution is 0.477. The summed E-state index contributed by atoms with van der Waals surface area (Å²) in [4.78, 5) is 17.7. The number of rotatable bonds is 3. The zero-order valence-electron chi connectivity index (χ0n) is 15.6. The van der Waals surface area contributed by atoms with Crippen LogP contribution in [-0.2, 0) is 16.6 Å². The van der Waals surface area contributed by atoms with Gasteiger partial charge >= 0.3 is 0 Å². The van der Waals surface area contributed by atoms with Crippen molar-refractivity contribution in [2.45, 2.75) is 10.8 Å². The normalized spacial score (nSPS) is 14.7. The molecule has 1 aliphatic rings. The lowest BCUT2D eigenvalue weighted by Crippen LogP contribution is -2.32. The van der Waals surface area contributed by atoms with E-state index in [2.05, 4.69) is 14.7 Å².